The highest BCUT2D eigenvalue weighted by atomic mass is 19.4. The first kappa shape index (κ1) is 29.0. The van der Waals surface area contributed by atoms with E-state index in [-0.39, 0.29) is 19.0 Å². The molecule has 1 spiro atoms. The van der Waals surface area contributed by atoms with Gasteiger partial charge >= 0.3 is 6.18 Å². The van der Waals surface area contributed by atoms with Crippen LogP contribution in [0.3, 0.4) is 0 Å². The number of alkyl halides is 3. The third-order valence-electron chi connectivity index (χ3n) is 6.75. The summed E-state index contributed by atoms with van der Waals surface area (Å²) in [5.74, 6) is 0.695. The summed E-state index contributed by atoms with van der Waals surface area (Å²) in [7, 11) is 0. The Hall–Kier alpha value is -2.58. The number of hydrogen-bond donors (Lipinski definition) is 0. The fraction of sp³-hybridized carbons (Fsp3) is 0.552. The van der Waals surface area contributed by atoms with Gasteiger partial charge in [0, 0.05) is 31.7 Å². The first-order chi connectivity index (χ1) is 17.7. The van der Waals surface area contributed by atoms with Gasteiger partial charge in [0.25, 0.3) is 5.91 Å². The van der Waals surface area contributed by atoms with Crippen molar-refractivity contribution in [2.24, 2.45) is 0 Å². The molecule has 2 fully saturated rings. The quantitative estimate of drug-likeness (QED) is 0.441. The Bertz CT molecular complexity index is 1010. The molecule has 2 aliphatic rings. The second-order valence-corrected chi connectivity index (χ2v) is 9.61. The van der Waals surface area contributed by atoms with Crippen molar-refractivity contribution in [1.82, 2.24) is 9.80 Å². The van der Waals surface area contributed by atoms with Crippen molar-refractivity contribution in [3.8, 4) is 5.75 Å². The van der Waals surface area contributed by atoms with Crippen LogP contribution in [0.5, 0.6) is 5.75 Å². The van der Waals surface area contributed by atoms with Gasteiger partial charge in [-0.15, -0.1) is 0 Å². The Morgan fingerprint density at radius 2 is 1.78 bits per heavy atom. The van der Waals surface area contributed by atoms with Crippen molar-refractivity contribution in [2.75, 3.05) is 39.3 Å². The maximum Gasteiger partial charge on any atom is 0.401 e. The van der Waals surface area contributed by atoms with E-state index in [1.807, 2.05) is 70.2 Å². The van der Waals surface area contributed by atoms with Gasteiger partial charge < -0.3 is 14.4 Å². The first-order valence-corrected chi connectivity index (χ1v) is 13.2. The van der Waals surface area contributed by atoms with Gasteiger partial charge in [-0.05, 0) is 55.5 Å². The minimum Gasteiger partial charge on any atom is -0.493 e. The number of carbonyl (C=O) groups is 1. The van der Waals surface area contributed by atoms with Crippen molar-refractivity contribution < 1.29 is 27.4 Å². The number of hydrogen-bond acceptors (Lipinski definition) is 4. The van der Waals surface area contributed by atoms with E-state index in [0.717, 1.165) is 23.3 Å². The fourth-order valence-corrected chi connectivity index (χ4v) is 5.03. The van der Waals surface area contributed by atoms with Crippen LogP contribution in [-0.2, 0) is 4.74 Å². The van der Waals surface area contributed by atoms with E-state index in [9.17, 15) is 18.0 Å². The van der Waals surface area contributed by atoms with E-state index < -0.39 is 24.4 Å². The monoisotopic (exact) mass is 520 g/mol. The molecule has 5 nitrogen and oxygen atoms in total. The van der Waals surface area contributed by atoms with E-state index in [4.69, 9.17) is 9.47 Å². The minimum absolute atomic E-state index is 0.0763. The van der Waals surface area contributed by atoms with E-state index in [2.05, 4.69) is 0 Å². The predicted molar refractivity (Wildman–Crippen MR) is 139 cm³/mol. The van der Waals surface area contributed by atoms with E-state index in [1.165, 1.54) is 4.90 Å². The summed E-state index contributed by atoms with van der Waals surface area (Å²) in [6, 6.07) is 14.8. The molecule has 2 heterocycles. The second-order valence-electron chi connectivity index (χ2n) is 9.61. The summed E-state index contributed by atoms with van der Waals surface area (Å²) in [5, 5.41) is 0. The highest BCUT2D eigenvalue weighted by Crippen LogP contribution is 2.39. The number of carbonyl (C=O) groups excluding carboxylic acids is 1. The van der Waals surface area contributed by atoms with Crippen molar-refractivity contribution >= 4 is 5.91 Å². The molecule has 0 bridgehead atoms. The number of piperidine rings is 1. The minimum atomic E-state index is -4.28. The third-order valence-corrected chi connectivity index (χ3v) is 6.75. The molecule has 0 aliphatic carbocycles. The summed E-state index contributed by atoms with van der Waals surface area (Å²) in [5.41, 5.74) is 1.65. The average molecular weight is 521 g/mol. The van der Waals surface area contributed by atoms with Crippen LogP contribution < -0.4 is 4.74 Å². The second kappa shape index (κ2) is 12.8. The molecule has 2 aliphatic heterocycles. The molecule has 1 unspecified atom stereocenters. The van der Waals surface area contributed by atoms with Crippen LogP contribution in [0, 0.1) is 6.92 Å². The predicted octanol–water partition coefficient (Wildman–Crippen LogP) is 6.42. The SMILES string of the molecule is CC.CCCOc1ccc(C(=O)N2CCC3(CC2)CN(CC(F)(F)F)CC(c2ccccc2)O3)cc1C. The molecule has 0 aromatic heterocycles. The number of rotatable bonds is 6. The number of morpholine rings is 1. The molecule has 8 heteroatoms. The average Bonchev–Trinajstić information content (AvgIpc) is 2.88. The molecule has 1 atom stereocenters. The zero-order valence-corrected chi connectivity index (χ0v) is 22.3. The van der Waals surface area contributed by atoms with Gasteiger partial charge in [0.1, 0.15) is 5.75 Å². The van der Waals surface area contributed by atoms with E-state index in [0.29, 0.717) is 38.1 Å². The lowest BCUT2D eigenvalue weighted by Gasteiger charge is -2.50. The number of likely N-dealkylation sites (tertiary alicyclic amines) is 1. The lowest BCUT2D eigenvalue weighted by atomic mass is 9.87. The molecule has 2 aromatic rings. The summed E-state index contributed by atoms with van der Waals surface area (Å²) < 4.78 is 52.0. The zero-order valence-electron chi connectivity index (χ0n) is 22.3. The van der Waals surface area contributed by atoms with Crippen LogP contribution >= 0.6 is 0 Å². The normalized spacial score (nSPS) is 19.8. The fourth-order valence-electron chi connectivity index (χ4n) is 5.03. The smallest absolute Gasteiger partial charge is 0.401 e. The van der Waals surface area contributed by atoms with Crippen LogP contribution in [0.15, 0.2) is 48.5 Å². The van der Waals surface area contributed by atoms with Crippen LogP contribution in [0.25, 0.3) is 0 Å². The van der Waals surface area contributed by atoms with Crippen LogP contribution in [0.1, 0.15) is 67.6 Å². The molecule has 0 saturated carbocycles. The lowest BCUT2D eigenvalue weighted by molar-refractivity contribution is -0.205. The van der Waals surface area contributed by atoms with Gasteiger partial charge in [-0.25, -0.2) is 0 Å². The highest BCUT2D eigenvalue weighted by Gasteiger charge is 2.46. The summed E-state index contributed by atoms with van der Waals surface area (Å²) in [4.78, 5) is 16.4. The number of nitrogens with zero attached hydrogens (tertiary/aromatic N) is 2. The van der Waals surface area contributed by atoms with Crippen molar-refractivity contribution in [3.05, 3.63) is 65.2 Å². The molecular weight excluding hydrogens is 481 g/mol. The maximum atomic E-state index is 13.3. The van der Waals surface area contributed by atoms with Crippen molar-refractivity contribution in [3.63, 3.8) is 0 Å². The lowest BCUT2D eigenvalue weighted by Crippen LogP contribution is -2.59. The largest absolute Gasteiger partial charge is 0.493 e. The third kappa shape index (κ3) is 7.71. The molecule has 1 amide bonds. The Morgan fingerprint density at radius 1 is 1.11 bits per heavy atom. The Balaban J connectivity index is 0.00000186. The molecule has 204 valence electrons. The number of benzene rings is 2. The van der Waals surface area contributed by atoms with Gasteiger partial charge in [-0.2, -0.15) is 13.2 Å². The number of aryl methyl sites for hydroxylation is 1. The van der Waals surface area contributed by atoms with Crippen molar-refractivity contribution in [2.45, 2.75) is 64.8 Å². The van der Waals surface area contributed by atoms with Crippen LogP contribution in [-0.4, -0.2) is 66.8 Å². The number of amides is 1. The van der Waals surface area contributed by atoms with E-state index >= 15 is 0 Å². The van der Waals surface area contributed by atoms with Gasteiger partial charge in [-0.3, -0.25) is 9.69 Å². The molecule has 2 aromatic carbocycles. The van der Waals surface area contributed by atoms with Crippen LogP contribution in [0.2, 0.25) is 0 Å². The van der Waals surface area contributed by atoms with Gasteiger partial charge in [0.15, 0.2) is 0 Å². The summed E-state index contributed by atoms with van der Waals surface area (Å²) in [6.45, 7) is 8.90. The molecule has 2 saturated heterocycles. The molecule has 0 N–H and O–H groups in total. The molecule has 37 heavy (non-hydrogen) atoms. The Labute approximate surface area is 218 Å². The van der Waals surface area contributed by atoms with Gasteiger partial charge in [0.2, 0.25) is 0 Å². The number of halogens is 3. The summed E-state index contributed by atoms with van der Waals surface area (Å²) in [6.07, 6.45) is -2.82. The standard InChI is InChI=1S/C27H33F3N2O3.C2H6/c1-3-15-34-23-10-9-22(16-20(23)2)25(33)32-13-11-26(12-14-32)18-31(19-27(28,29)30)17-24(35-26)21-7-5-4-6-8-21;1-2/h4-10,16,24H,3,11-15,17-19H2,1-2H3;1-2H3. The molecule has 0 radical (unpaired) electrons. The molecule has 4 rings (SSSR count). The van der Waals surface area contributed by atoms with E-state index in [1.54, 1.807) is 11.0 Å². The van der Waals surface area contributed by atoms with Crippen molar-refractivity contribution in [1.29, 1.82) is 0 Å². The topological polar surface area (TPSA) is 42.0 Å². The number of ether oxygens (including phenoxy) is 2. The molecular formula is C29H39F3N2O3. The maximum absolute atomic E-state index is 13.3. The highest BCUT2D eigenvalue weighted by molar-refractivity contribution is 5.94. The Morgan fingerprint density at radius 3 is 2.38 bits per heavy atom. The van der Waals surface area contributed by atoms with Gasteiger partial charge in [-0.1, -0.05) is 51.1 Å². The first-order valence-electron chi connectivity index (χ1n) is 13.2. The summed E-state index contributed by atoms with van der Waals surface area (Å²) >= 11 is 0. The zero-order chi connectivity index (χ0) is 27.1. The Kier molecular flexibility index (Phi) is 10.0. The van der Waals surface area contributed by atoms with Crippen LogP contribution in [0.4, 0.5) is 13.2 Å². The van der Waals surface area contributed by atoms with Gasteiger partial charge in [0.05, 0.1) is 24.9 Å².